The molecule has 3 N–H and O–H groups in total. The Morgan fingerprint density at radius 2 is 2.24 bits per heavy atom. The molecule has 0 radical (unpaired) electrons. The van der Waals surface area contributed by atoms with Gasteiger partial charge in [-0.15, -0.1) is 0 Å². The van der Waals surface area contributed by atoms with Crippen molar-refractivity contribution in [3.63, 3.8) is 0 Å². The standard InChI is InChI=1S/C8H8F3N3O3/c9-8(10,11)5(15)3-12-6(16)4-1-2-13-14-7(4)17/h1-2,5,15H,3H2,(H,12,16)(H,14,17)/t5-/m0/s1. The van der Waals surface area contributed by atoms with Crippen LogP contribution in [0.1, 0.15) is 10.4 Å². The molecule has 0 saturated heterocycles. The van der Waals surface area contributed by atoms with Gasteiger partial charge in [-0.25, -0.2) is 5.10 Å². The number of carbonyl (C=O) groups excluding carboxylic acids is 1. The predicted molar refractivity (Wildman–Crippen MR) is 49.3 cm³/mol. The molecule has 17 heavy (non-hydrogen) atoms. The lowest BCUT2D eigenvalue weighted by atomic mass is 10.2. The summed E-state index contributed by atoms with van der Waals surface area (Å²) >= 11 is 0. The van der Waals surface area contributed by atoms with E-state index < -0.39 is 30.3 Å². The number of aliphatic hydroxyl groups is 1. The van der Waals surface area contributed by atoms with E-state index in [0.29, 0.717) is 0 Å². The van der Waals surface area contributed by atoms with Crippen molar-refractivity contribution in [2.75, 3.05) is 6.54 Å². The largest absolute Gasteiger partial charge is 0.416 e. The van der Waals surface area contributed by atoms with Crippen LogP contribution < -0.4 is 10.9 Å². The molecule has 6 nitrogen and oxygen atoms in total. The van der Waals surface area contributed by atoms with E-state index in [1.165, 1.54) is 0 Å². The van der Waals surface area contributed by atoms with Crippen molar-refractivity contribution in [1.82, 2.24) is 15.5 Å². The zero-order valence-corrected chi connectivity index (χ0v) is 8.28. The van der Waals surface area contributed by atoms with Crippen molar-refractivity contribution in [3.05, 3.63) is 28.2 Å². The molecule has 0 unspecified atom stereocenters. The summed E-state index contributed by atoms with van der Waals surface area (Å²) in [6, 6.07) is 1.05. The van der Waals surface area contributed by atoms with Gasteiger partial charge < -0.3 is 10.4 Å². The van der Waals surface area contributed by atoms with Gasteiger partial charge in [-0.05, 0) is 6.07 Å². The summed E-state index contributed by atoms with van der Waals surface area (Å²) in [5, 5.41) is 15.7. The number of nitrogens with one attached hydrogen (secondary N) is 2. The van der Waals surface area contributed by atoms with Crippen molar-refractivity contribution in [2.24, 2.45) is 0 Å². The van der Waals surface area contributed by atoms with Gasteiger partial charge in [0.2, 0.25) is 0 Å². The van der Waals surface area contributed by atoms with E-state index in [9.17, 15) is 22.8 Å². The number of hydrogen-bond donors (Lipinski definition) is 3. The van der Waals surface area contributed by atoms with Crippen molar-refractivity contribution >= 4 is 5.91 Å². The molecule has 0 aliphatic carbocycles. The third-order valence-corrected chi connectivity index (χ3v) is 1.80. The molecule has 0 aliphatic heterocycles. The van der Waals surface area contributed by atoms with Gasteiger partial charge in [-0.2, -0.15) is 18.3 Å². The molecular formula is C8H8F3N3O3. The van der Waals surface area contributed by atoms with Crippen LogP contribution in [0.4, 0.5) is 13.2 Å². The van der Waals surface area contributed by atoms with Crippen molar-refractivity contribution in [2.45, 2.75) is 12.3 Å². The monoisotopic (exact) mass is 251 g/mol. The Morgan fingerprint density at radius 3 is 2.76 bits per heavy atom. The van der Waals surface area contributed by atoms with Crippen LogP contribution in [-0.4, -0.2) is 40.0 Å². The number of halogens is 3. The van der Waals surface area contributed by atoms with E-state index in [2.05, 4.69) is 5.10 Å². The number of aliphatic hydroxyl groups excluding tert-OH is 1. The minimum Gasteiger partial charge on any atom is -0.382 e. The molecule has 0 saturated carbocycles. The van der Waals surface area contributed by atoms with E-state index in [1.54, 1.807) is 5.32 Å². The van der Waals surface area contributed by atoms with Crippen molar-refractivity contribution < 1.29 is 23.1 Å². The highest BCUT2D eigenvalue weighted by Gasteiger charge is 2.38. The second kappa shape index (κ2) is 4.95. The molecule has 94 valence electrons. The second-order valence-electron chi connectivity index (χ2n) is 3.07. The first-order chi connectivity index (χ1) is 7.82. The van der Waals surface area contributed by atoms with Gasteiger partial charge >= 0.3 is 6.18 Å². The highest BCUT2D eigenvalue weighted by molar-refractivity contribution is 5.93. The average Bonchev–Trinajstić information content (AvgIpc) is 2.24. The molecule has 0 spiro atoms. The third kappa shape index (κ3) is 3.55. The first kappa shape index (κ1) is 13.2. The minimum atomic E-state index is -4.82. The van der Waals surface area contributed by atoms with E-state index >= 15 is 0 Å². The lowest BCUT2D eigenvalue weighted by Gasteiger charge is -2.14. The summed E-state index contributed by atoms with van der Waals surface area (Å²) in [6.45, 7) is -1.02. The second-order valence-corrected chi connectivity index (χ2v) is 3.07. The zero-order chi connectivity index (χ0) is 13.1. The summed E-state index contributed by atoms with van der Waals surface area (Å²) < 4.78 is 35.7. The van der Waals surface area contributed by atoms with Gasteiger partial charge in [0, 0.05) is 6.20 Å². The van der Waals surface area contributed by atoms with Gasteiger partial charge in [0.05, 0.1) is 6.54 Å². The van der Waals surface area contributed by atoms with Gasteiger partial charge in [-0.3, -0.25) is 9.59 Å². The van der Waals surface area contributed by atoms with Crippen molar-refractivity contribution in [3.8, 4) is 0 Å². The van der Waals surface area contributed by atoms with Gasteiger partial charge in [0.15, 0.2) is 6.10 Å². The van der Waals surface area contributed by atoms with Crippen LogP contribution in [0.15, 0.2) is 17.1 Å². The molecule has 9 heteroatoms. The Morgan fingerprint density at radius 1 is 1.59 bits per heavy atom. The minimum absolute atomic E-state index is 0.380. The molecule has 1 aromatic heterocycles. The predicted octanol–water partition coefficient (Wildman–Crippen LogP) is -0.577. The number of aromatic amines is 1. The summed E-state index contributed by atoms with van der Waals surface area (Å²) in [4.78, 5) is 22.3. The molecule has 0 aromatic carbocycles. The molecule has 1 atom stereocenters. The lowest BCUT2D eigenvalue weighted by molar-refractivity contribution is -0.201. The summed E-state index contributed by atoms with van der Waals surface area (Å²) in [6.07, 6.45) is -6.39. The van der Waals surface area contributed by atoms with E-state index in [4.69, 9.17) is 5.11 Å². The molecule has 1 heterocycles. The number of alkyl halides is 3. The molecular weight excluding hydrogens is 243 g/mol. The maximum atomic E-state index is 11.9. The summed E-state index contributed by atoms with van der Waals surface area (Å²) in [7, 11) is 0. The average molecular weight is 251 g/mol. The van der Waals surface area contributed by atoms with Crippen LogP contribution in [-0.2, 0) is 0 Å². The fraction of sp³-hybridized carbons (Fsp3) is 0.375. The Hall–Kier alpha value is -1.90. The fourth-order valence-electron chi connectivity index (χ4n) is 0.923. The number of hydrogen-bond acceptors (Lipinski definition) is 4. The van der Waals surface area contributed by atoms with Crippen LogP contribution in [0, 0.1) is 0 Å². The van der Waals surface area contributed by atoms with Crippen LogP contribution in [0.2, 0.25) is 0 Å². The smallest absolute Gasteiger partial charge is 0.382 e. The number of amides is 1. The van der Waals surface area contributed by atoms with Gasteiger partial charge in [0.25, 0.3) is 11.5 Å². The number of aromatic nitrogens is 2. The zero-order valence-electron chi connectivity index (χ0n) is 8.28. The number of nitrogens with zero attached hydrogens (tertiary/aromatic N) is 1. The van der Waals surface area contributed by atoms with Crippen LogP contribution in [0.3, 0.4) is 0 Å². The Labute approximate surface area is 92.5 Å². The maximum absolute atomic E-state index is 11.9. The Balaban J connectivity index is 2.63. The highest BCUT2D eigenvalue weighted by atomic mass is 19.4. The Kier molecular flexibility index (Phi) is 3.84. The van der Waals surface area contributed by atoms with E-state index in [0.717, 1.165) is 12.3 Å². The molecule has 1 aromatic rings. The van der Waals surface area contributed by atoms with Gasteiger partial charge in [-0.1, -0.05) is 0 Å². The van der Waals surface area contributed by atoms with Crippen molar-refractivity contribution in [1.29, 1.82) is 0 Å². The molecule has 1 amide bonds. The summed E-state index contributed by atoms with van der Waals surface area (Å²) in [5.74, 6) is -1.02. The molecule has 0 fully saturated rings. The van der Waals surface area contributed by atoms with E-state index in [-0.39, 0.29) is 5.56 Å². The quantitative estimate of drug-likeness (QED) is 0.670. The highest BCUT2D eigenvalue weighted by Crippen LogP contribution is 2.19. The number of H-pyrrole nitrogens is 1. The molecule has 0 bridgehead atoms. The molecule has 1 rings (SSSR count). The lowest BCUT2D eigenvalue weighted by Crippen LogP contribution is -2.41. The third-order valence-electron chi connectivity index (χ3n) is 1.80. The topological polar surface area (TPSA) is 95.1 Å². The SMILES string of the molecule is O=C(NC[C@H](O)C(F)(F)F)c1ccn[nH]c1=O. The van der Waals surface area contributed by atoms with Crippen LogP contribution in [0.5, 0.6) is 0 Å². The summed E-state index contributed by atoms with van der Waals surface area (Å²) in [5.41, 5.74) is -1.21. The Bertz CT molecular complexity index is 457. The van der Waals surface area contributed by atoms with Crippen LogP contribution in [0.25, 0.3) is 0 Å². The van der Waals surface area contributed by atoms with Crippen LogP contribution >= 0.6 is 0 Å². The number of rotatable bonds is 3. The van der Waals surface area contributed by atoms with E-state index in [1.807, 2.05) is 5.10 Å². The maximum Gasteiger partial charge on any atom is 0.416 e. The number of carbonyl (C=O) groups is 1. The fourth-order valence-corrected chi connectivity index (χ4v) is 0.923. The van der Waals surface area contributed by atoms with Gasteiger partial charge in [0.1, 0.15) is 5.56 Å². The first-order valence-corrected chi connectivity index (χ1v) is 4.39. The molecule has 0 aliphatic rings. The normalized spacial score (nSPS) is 13.2. The first-order valence-electron chi connectivity index (χ1n) is 4.39.